The number of aromatic nitrogens is 3. The number of aromatic amines is 1. The van der Waals surface area contributed by atoms with E-state index in [1.807, 2.05) is 6.07 Å². The average molecular weight is 316 g/mol. The normalized spacial score (nSPS) is 13.3. The van der Waals surface area contributed by atoms with Crippen LogP contribution in [0.25, 0.3) is 0 Å². The zero-order chi connectivity index (χ0) is 16.7. The van der Waals surface area contributed by atoms with Gasteiger partial charge >= 0.3 is 0 Å². The number of nitrogens with zero attached hydrogens (tertiary/aromatic N) is 2. The van der Waals surface area contributed by atoms with Crippen LogP contribution in [-0.2, 0) is 29.0 Å². The van der Waals surface area contributed by atoms with Crippen molar-refractivity contribution in [2.75, 3.05) is 0 Å². The lowest BCUT2D eigenvalue weighted by Gasteiger charge is -2.12. The van der Waals surface area contributed by atoms with E-state index in [1.165, 1.54) is 0 Å². The number of H-pyrrole nitrogens is 1. The molecule has 2 rings (SSSR count). The Hall–Kier alpha value is -2.58. The fraction of sp³-hybridized carbons (Fsp3) is 0.333. The molecule has 0 aromatic carbocycles. The van der Waals surface area contributed by atoms with E-state index in [0.717, 1.165) is 16.8 Å². The number of pyridine rings is 1. The van der Waals surface area contributed by atoms with Crippen molar-refractivity contribution in [2.45, 2.75) is 31.5 Å². The molecule has 2 unspecified atom stereocenters. The lowest BCUT2D eigenvalue weighted by molar-refractivity contribution is -0.122. The molecule has 2 atom stereocenters. The van der Waals surface area contributed by atoms with Crippen LogP contribution < -0.4 is 16.8 Å². The van der Waals surface area contributed by atoms with Gasteiger partial charge in [0.2, 0.25) is 5.91 Å². The molecular weight excluding hydrogens is 296 g/mol. The number of nitrogens with one attached hydrogen (secondary N) is 2. The van der Waals surface area contributed by atoms with Crippen LogP contribution in [-0.4, -0.2) is 39.2 Å². The van der Waals surface area contributed by atoms with Crippen LogP contribution in [0.5, 0.6) is 0 Å². The van der Waals surface area contributed by atoms with Gasteiger partial charge in [-0.2, -0.15) is 0 Å². The maximum atomic E-state index is 12.0. The van der Waals surface area contributed by atoms with Crippen LogP contribution >= 0.6 is 0 Å². The standard InChI is InChI=1S/C15H20N6O2/c16-12(8-22)2-10-1-11(5-18-4-10)6-20-15(23)14(17)3-13-7-19-9-21-13/h1,4-5,7-9,12,14H,2-3,6,16-17H2,(H,19,21)(H,20,23). The van der Waals surface area contributed by atoms with Gasteiger partial charge in [-0.25, -0.2) is 4.98 Å². The Labute approximate surface area is 133 Å². The highest BCUT2D eigenvalue weighted by Gasteiger charge is 2.14. The van der Waals surface area contributed by atoms with E-state index < -0.39 is 12.1 Å². The molecule has 8 heteroatoms. The Kier molecular flexibility index (Phi) is 5.95. The minimum absolute atomic E-state index is 0.255. The highest BCUT2D eigenvalue weighted by Crippen LogP contribution is 2.05. The second kappa shape index (κ2) is 8.16. The van der Waals surface area contributed by atoms with Crippen molar-refractivity contribution in [2.24, 2.45) is 11.5 Å². The van der Waals surface area contributed by atoms with Crippen molar-refractivity contribution >= 4 is 12.2 Å². The first kappa shape index (κ1) is 16.8. The third-order valence-electron chi connectivity index (χ3n) is 3.30. The van der Waals surface area contributed by atoms with E-state index in [0.29, 0.717) is 25.7 Å². The van der Waals surface area contributed by atoms with Crippen LogP contribution in [0.1, 0.15) is 16.8 Å². The fourth-order valence-electron chi connectivity index (χ4n) is 2.12. The number of aldehydes is 1. The van der Waals surface area contributed by atoms with Crippen LogP contribution in [0, 0.1) is 0 Å². The van der Waals surface area contributed by atoms with Gasteiger partial charge in [0.1, 0.15) is 6.29 Å². The largest absolute Gasteiger partial charge is 0.351 e. The summed E-state index contributed by atoms with van der Waals surface area (Å²) >= 11 is 0. The first-order valence-corrected chi connectivity index (χ1v) is 7.22. The Morgan fingerprint density at radius 3 is 2.70 bits per heavy atom. The molecule has 23 heavy (non-hydrogen) atoms. The van der Waals surface area contributed by atoms with Gasteiger partial charge in [-0.05, 0) is 17.5 Å². The molecular formula is C15H20N6O2. The average Bonchev–Trinajstić information content (AvgIpc) is 3.05. The van der Waals surface area contributed by atoms with Gasteiger partial charge in [-0.15, -0.1) is 0 Å². The maximum Gasteiger partial charge on any atom is 0.237 e. The van der Waals surface area contributed by atoms with Gasteiger partial charge in [-0.3, -0.25) is 9.78 Å². The van der Waals surface area contributed by atoms with E-state index >= 15 is 0 Å². The van der Waals surface area contributed by atoms with Crippen molar-refractivity contribution in [3.05, 3.63) is 47.8 Å². The summed E-state index contributed by atoms with van der Waals surface area (Å²) < 4.78 is 0. The van der Waals surface area contributed by atoms with Gasteiger partial charge in [0.15, 0.2) is 0 Å². The Morgan fingerprint density at radius 1 is 1.22 bits per heavy atom. The summed E-state index contributed by atoms with van der Waals surface area (Å²) in [5, 5.41) is 2.77. The molecule has 0 saturated heterocycles. The third kappa shape index (κ3) is 5.28. The third-order valence-corrected chi connectivity index (χ3v) is 3.30. The SMILES string of the molecule is NC(C=O)Cc1cncc(CNC(=O)C(N)Cc2cnc[nH]2)c1. The highest BCUT2D eigenvalue weighted by molar-refractivity contribution is 5.81. The number of rotatable bonds is 8. The van der Waals surface area contributed by atoms with Gasteiger partial charge in [0.05, 0.1) is 18.4 Å². The number of nitrogens with two attached hydrogens (primary N) is 2. The van der Waals surface area contributed by atoms with Crippen molar-refractivity contribution in [3.63, 3.8) is 0 Å². The van der Waals surface area contributed by atoms with Gasteiger partial charge in [0.25, 0.3) is 0 Å². The van der Waals surface area contributed by atoms with Crippen molar-refractivity contribution in [1.29, 1.82) is 0 Å². The predicted octanol–water partition coefficient (Wildman–Crippen LogP) is -0.940. The number of imidazole rings is 1. The number of amides is 1. The van der Waals surface area contributed by atoms with E-state index in [1.54, 1.807) is 24.9 Å². The van der Waals surface area contributed by atoms with Crippen LogP contribution in [0.15, 0.2) is 31.0 Å². The molecule has 1 amide bonds. The molecule has 2 aromatic heterocycles. The molecule has 2 heterocycles. The summed E-state index contributed by atoms with van der Waals surface area (Å²) in [6.07, 6.45) is 7.98. The molecule has 2 aromatic rings. The summed E-state index contributed by atoms with van der Waals surface area (Å²) in [6.45, 7) is 0.312. The van der Waals surface area contributed by atoms with E-state index in [2.05, 4.69) is 20.3 Å². The van der Waals surface area contributed by atoms with Crippen LogP contribution in [0.3, 0.4) is 0 Å². The zero-order valence-corrected chi connectivity index (χ0v) is 12.6. The van der Waals surface area contributed by atoms with E-state index in [9.17, 15) is 9.59 Å². The molecule has 122 valence electrons. The number of hydrogen-bond acceptors (Lipinski definition) is 6. The second-order valence-electron chi connectivity index (χ2n) is 5.31. The lowest BCUT2D eigenvalue weighted by Crippen LogP contribution is -2.41. The zero-order valence-electron chi connectivity index (χ0n) is 12.6. The molecule has 8 nitrogen and oxygen atoms in total. The minimum Gasteiger partial charge on any atom is -0.351 e. The Morgan fingerprint density at radius 2 is 2.00 bits per heavy atom. The fourth-order valence-corrected chi connectivity index (χ4v) is 2.12. The van der Waals surface area contributed by atoms with Crippen molar-refractivity contribution in [3.8, 4) is 0 Å². The summed E-state index contributed by atoms with van der Waals surface area (Å²) in [6, 6.07) is 0.649. The smallest absolute Gasteiger partial charge is 0.237 e. The number of carbonyl (C=O) groups excluding carboxylic acids is 2. The summed E-state index contributed by atoms with van der Waals surface area (Å²) in [5.74, 6) is -0.255. The van der Waals surface area contributed by atoms with Gasteiger partial charge < -0.3 is 26.6 Å². The molecule has 0 aliphatic carbocycles. The van der Waals surface area contributed by atoms with E-state index in [4.69, 9.17) is 11.5 Å². The second-order valence-corrected chi connectivity index (χ2v) is 5.31. The molecule has 0 aliphatic heterocycles. The van der Waals surface area contributed by atoms with Crippen molar-refractivity contribution in [1.82, 2.24) is 20.3 Å². The molecule has 0 saturated carbocycles. The molecule has 0 radical (unpaired) electrons. The topological polar surface area (TPSA) is 140 Å². The first-order valence-electron chi connectivity index (χ1n) is 7.22. The predicted molar refractivity (Wildman–Crippen MR) is 84.1 cm³/mol. The highest BCUT2D eigenvalue weighted by atomic mass is 16.2. The number of hydrogen-bond donors (Lipinski definition) is 4. The molecule has 0 bridgehead atoms. The Bertz CT molecular complexity index is 643. The van der Waals surface area contributed by atoms with Gasteiger partial charge in [-0.1, -0.05) is 6.07 Å². The molecule has 6 N–H and O–H groups in total. The maximum absolute atomic E-state index is 12.0. The van der Waals surface area contributed by atoms with Crippen LogP contribution in [0.2, 0.25) is 0 Å². The summed E-state index contributed by atoms with van der Waals surface area (Å²) in [5.41, 5.74) is 13.9. The summed E-state index contributed by atoms with van der Waals surface area (Å²) in [4.78, 5) is 33.5. The first-order chi connectivity index (χ1) is 11.1. The van der Waals surface area contributed by atoms with E-state index in [-0.39, 0.29) is 5.91 Å². The Balaban J connectivity index is 1.86. The molecule has 0 spiro atoms. The van der Waals surface area contributed by atoms with Crippen LogP contribution in [0.4, 0.5) is 0 Å². The molecule has 0 aliphatic rings. The summed E-state index contributed by atoms with van der Waals surface area (Å²) in [7, 11) is 0. The van der Waals surface area contributed by atoms with Crippen molar-refractivity contribution < 1.29 is 9.59 Å². The lowest BCUT2D eigenvalue weighted by atomic mass is 10.1. The monoisotopic (exact) mass is 316 g/mol. The quantitative estimate of drug-likeness (QED) is 0.463. The number of carbonyl (C=O) groups is 2. The minimum atomic E-state index is -0.657. The molecule has 0 fully saturated rings. The van der Waals surface area contributed by atoms with Gasteiger partial charge in [0, 0.05) is 37.3 Å².